The lowest BCUT2D eigenvalue weighted by molar-refractivity contribution is -0.123. The Balaban J connectivity index is 1.09. The highest BCUT2D eigenvalue weighted by Gasteiger charge is 2.12. The summed E-state index contributed by atoms with van der Waals surface area (Å²) in [7, 11) is 1.60. The average Bonchev–Trinajstić information content (AvgIpc) is 3.42. The second-order valence-corrected chi connectivity index (χ2v) is 8.40. The summed E-state index contributed by atoms with van der Waals surface area (Å²) >= 11 is 0. The number of nitrogens with zero attached hydrogens (tertiary/aromatic N) is 4. The maximum Gasteiger partial charge on any atom is 0.258 e. The summed E-state index contributed by atoms with van der Waals surface area (Å²) in [6.45, 7) is 0.301. The van der Waals surface area contributed by atoms with Gasteiger partial charge in [0.15, 0.2) is 23.9 Å². The molecule has 39 heavy (non-hydrogen) atoms. The highest BCUT2D eigenvalue weighted by Crippen LogP contribution is 2.23. The van der Waals surface area contributed by atoms with Crippen molar-refractivity contribution >= 4 is 17.3 Å². The number of ketones is 1. The van der Waals surface area contributed by atoms with E-state index in [1.54, 1.807) is 60.2 Å². The zero-order chi connectivity index (χ0) is 27.0. The Labute approximate surface area is 224 Å². The molecule has 0 aliphatic rings. The van der Waals surface area contributed by atoms with Crippen LogP contribution in [0.2, 0.25) is 0 Å². The minimum absolute atomic E-state index is 0.0747. The molecule has 5 aromatic rings. The third-order valence-corrected chi connectivity index (χ3v) is 5.76. The molecule has 2 aromatic heterocycles. The third kappa shape index (κ3) is 6.19. The Kier molecular flexibility index (Phi) is 7.73. The van der Waals surface area contributed by atoms with E-state index < -0.39 is 0 Å². The van der Waals surface area contributed by atoms with Gasteiger partial charge in [-0.2, -0.15) is 4.52 Å². The fraction of sp³-hybridized carbons (Fsp3) is 0.138. The molecule has 10 heteroatoms. The average molecular weight is 524 g/mol. The number of fused-ring (bicyclic) bond motifs is 1. The van der Waals surface area contributed by atoms with Crippen molar-refractivity contribution in [2.45, 2.75) is 0 Å². The number of carbonyl (C=O) groups excluding carboxylic acids is 2. The fourth-order valence-electron chi connectivity index (χ4n) is 3.80. The number of hydrogen-bond donors (Lipinski definition) is 1. The van der Waals surface area contributed by atoms with Gasteiger partial charge >= 0.3 is 0 Å². The van der Waals surface area contributed by atoms with Crippen molar-refractivity contribution in [2.75, 3.05) is 26.9 Å². The van der Waals surface area contributed by atoms with E-state index in [0.29, 0.717) is 40.0 Å². The number of nitrogens with one attached hydrogen (secondary N) is 1. The van der Waals surface area contributed by atoms with E-state index in [2.05, 4.69) is 20.6 Å². The van der Waals surface area contributed by atoms with E-state index in [0.717, 1.165) is 5.56 Å². The molecule has 2 heterocycles. The largest absolute Gasteiger partial charge is 0.497 e. The molecule has 0 radical (unpaired) electrons. The van der Waals surface area contributed by atoms with Gasteiger partial charge in [-0.05, 0) is 42.5 Å². The summed E-state index contributed by atoms with van der Waals surface area (Å²) in [5, 5.41) is 15.6. The van der Waals surface area contributed by atoms with E-state index in [1.807, 2.05) is 42.5 Å². The monoisotopic (exact) mass is 523 g/mol. The standard InChI is InChI=1S/C29H25N5O5/c1-37-24-9-5-8-22(18-24)29-32-31-25-14-15-27(33-34(25)29)38-17-16-30-26(35)19-39-23-12-10-21(11-13-23)28(36)20-6-3-2-4-7-20/h2-15,18H,16-17,19H2,1H3,(H,30,35). The van der Waals surface area contributed by atoms with Gasteiger partial charge < -0.3 is 19.5 Å². The van der Waals surface area contributed by atoms with Gasteiger partial charge in [-0.3, -0.25) is 9.59 Å². The van der Waals surface area contributed by atoms with Crippen molar-refractivity contribution in [1.82, 2.24) is 25.1 Å². The molecule has 1 amide bonds. The second kappa shape index (κ2) is 11.9. The molecule has 0 aliphatic heterocycles. The topological polar surface area (TPSA) is 117 Å². The predicted octanol–water partition coefficient (Wildman–Crippen LogP) is 3.60. The van der Waals surface area contributed by atoms with Gasteiger partial charge in [0, 0.05) is 22.8 Å². The van der Waals surface area contributed by atoms with Crippen LogP contribution >= 0.6 is 0 Å². The SMILES string of the molecule is COc1cccc(-c2nnc3ccc(OCCNC(=O)COc4ccc(C(=O)c5ccccc5)cc4)nn23)c1. The van der Waals surface area contributed by atoms with Crippen molar-refractivity contribution in [1.29, 1.82) is 0 Å². The van der Waals surface area contributed by atoms with Gasteiger partial charge in [-0.25, -0.2) is 0 Å². The molecule has 0 unspecified atom stereocenters. The van der Waals surface area contributed by atoms with Gasteiger partial charge in [-0.15, -0.1) is 15.3 Å². The minimum atomic E-state index is -0.300. The van der Waals surface area contributed by atoms with Crippen molar-refractivity contribution < 1.29 is 23.8 Å². The summed E-state index contributed by atoms with van der Waals surface area (Å²) in [6, 6.07) is 26.6. The molecule has 0 atom stereocenters. The zero-order valence-electron chi connectivity index (χ0n) is 21.1. The Hall–Kier alpha value is -5.25. The molecule has 1 N–H and O–H groups in total. The van der Waals surface area contributed by atoms with E-state index in [-0.39, 0.29) is 31.4 Å². The predicted molar refractivity (Wildman–Crippen MR) is 143 cm³/mol. The van der Waals surface area contributed by atoms with Crippen molar-refractivity contribution in [3.05, 3.63) is 102 Å². The Morgan fingerprint density at radius 3 is 2.41 bits per heavy atom. The lowest BCUT2D eigenvalue weighted by Crippen LogP contribution is -2.32. The van der Waals surface area contributed by atoms with Gasteiger partial charge in [0.2, 0.25) is 5.88 Å². The molecular formula is C29H25N5O5. The summed E-state index contributed by atoms with van der Waals surface area (Å²) in [4.78, 5) is 24.7. The molecule has 196 valence electrons. The van der Waals surface area contributed by atoms with Crippen molar-refractivity contribution in [3.8, 4) is 28.8 Å². The van der Waals surface area contributed by atoms with Crippen LogP contribution in [0.25, 0.3) is 17.0 Å². The van der Waals surface area contributed by atoms with Crippen LogP contribution in [0, 0.1) is 0 Å². The van der Waals surface area contributed by atoms with Gasteiger partial charge in [0.1, 0.15) is 18.1 Å². The van der Waals surface area contributed by atoms with E-state index in [4.69, 9.17) is 14.2 Å². The molecule has 0 spiro atoms. The fourth-order valence-corrected chi connectivity index (χ4v) is 3.80. The first-order valence-electron chi connectivity index (χ1n) is 12.2. The summed E-state index contributed by atoms with van der Waals surface area (Å²) in [6.07, 6.45) is 0. The Morgan fingerprint density at radius 2 is 1.62 bits per heavy atom. The molecule has 0 saturated carbocycles. The maximum absolute atomic E-state index is 12.5. The van der Waals surface area contributed by atoms with Crippen molar-refractivity contribution in [3.63, 3.8) is 0 Å². The first-order chi connectivity index (χ1) is 19.1. The number of ether oxygens (including phenoxy) is 3. The molecule has 3 aromatic carbocycles. The van der Waals surface area contributed by atoms with Crippen LogP contribution in [-0.4, -0.2) is 58.4 Å². The molecule has 0 aliphatic carbocycles. The normalized spacial score (nSPS) is 10.7. The molecule has 0 saturated heterocycles. The first-order valence-corrected chi connectivity index (χ1v) is 12.2. The number of amides is 1. The molecule has 5 rings (SSSR count). The van der Waals surface area contributed by atoms with Gasteiger partial charge in [-0.1, -0.05) is 42.5 Å². The van der Waals surface area contributed by atoms with E-state index >= 15 is 0 Å². The first kappa shape index (κ1) is 25.4. The lowest BCUT2D eigenvalue weighted by Gasteiger charge is -2.09. The quantitative estimate of drug-likeness (QED) is 0.206. The number of carbonyl (C=O) groups is 2. The zero-order valence-corrected chi connectivity index (χ0v) is 21.1. The number of methoxy groups -OCH3 is 1. The van der Waals surface area contributed by atoms with Crippen LogP contribution in [0.4, 0.5) is 0 Å². The second-order valence-electron chi connectivity index (χ2n) is 8.40. The minimum Gasteiger partial charge on any atom is -0.497 e. The maximum atomic E-state index is 12.5. The van der Waals surface area contributed by atoms with Crippen LogP contribution < -0.4 is 19.5 Å². The van der Waals surface area contributed by atoms with E-state index in [9.17, 15) is 9.59 Å². The highest BCUT2D eigenvalue weighted by atomic mass is 16.5. The highest BCUT2D eigenvalue weighted by molar-refractivity contribution is 6.09. The summed E-state index contributed by atoms with van der Waals surface area (Å²) in [5.74, 6) is 1.73. The van der Waals surface area contributed by atoms with Gasteiger partial charge in [0.25, 0.3) is 5.91 Å². The number of rotatable bonds is 11. The summed E-state index contributed by atoms with van der Waals surface area (Å²) in [5.41, 5.74) is 2.53. The van der Waals surface area contributed by atoms with Gasteiger partial charge in [0.05, 0.1) is 13.7 Å². The van der Waals surface area contributed by atoms with E-state index in [1.165, 1.54) is 0 Å². The Bertz CT molecular complexity index is 1590. The summed E-state index contributed by atoms with van der Waals surface area (Å²) < 4.78 is 18.1. The number of aromatic nitrogens is 4. The van der Waals surface area contributed by atoms with Crippen LogP contribution in [0.1, 0.15) is 15.9 Å². The molecule has 0 fully saturated rings. The molecule has 10 nitrogen and oxygen atoms in total. The van der Waals surface area contributed by atoms with Crippen LogP contribution in [0.15, 0.2) is 91.0 Å². The molecular weight excluding hydrogens is 498 g/mol. The smallest absolute Gasteiger partial charge is 0.258 e. The number of hydrogen-bond acceptors (Lipinski definition) is 8. The number of benzene rings is 3. The van der Waals surface area contributed by atoms with Crippen molar-refractivity contribution in [2.24, 2.45) is 0 Å². The van der Waals surface area contributed by atoms with Crippen LogP contribution in [-0.2, 0) is 4.79 Å². The lowest BCUT2D eigenvalue weighted by atomic mass is 10.0. The molecule has 0 bridgehead atoms. The third-order valence-electron chi connectivity index (χ3n) is 5.76. The van der Waals surface area contributed by atoms with Crippen LogP contribution in [0.5, 0.6) is 17.4 Å². The van der Waals surface area contributed by atoms with Crippen LogP contribution in [0.3, 0.4) is 0 Å². The Morgan fingerprint density at radius 1 is 0.821 bits per heavy atom.